The molecule has 0 unspecified atom stereocenters. The number of hydrogen-bond donors (Lipinski definition) is 3. The van der Waals surface area contributed by atoms with Crippen LogP contribution in [0.15, 0.2) is 42.7 Å². The molecule has 34 heavy (non-hydrogen) atoms. The lowest BCUT2D eigenvalue weighted by Crippen LogP contribution is -2.31. The lowest BCUT2D eigenvalue weighted by atomic mass is 9.94. The van der Waals surface area contributed by atoms with Crippen molar-refractivity contribution in [3.63, 3.8) is 0 Å². The Morgan fingerprint density at radius 3 is 2.41 bits per heavy atom. The first kappa shape index (κ1) is 25.3. The number of nitrogens with zero attached hydrogens (tertiary/aromatic N) is 2. The van der Waals surface area contributed by atoms with Crippen molar-refractivity contribution in [2.24, 2.45) is 5.73 Å². The van der Waals surface area contributed by atoms with Crippen LogP contribution in [0.5, 0.6) is 5.75 Å². The Morgan fingerprint density at radius 2 is 1.74 bits per heavy atom. The largest absolute Gasteiger partial charge is 0.488 e. The van der Waals surface area contributed by atoms with E-state index in [9.17, 15) is 18.0 Å². The molecule has 0 bridgehead atoms. The van der Waals surface area contributed by atoms with Gasteiger partial charge in [0.05, 0.1) is 23.6 Å². The van der Waals surface area contributed by atoms with Crippen LogP contribution in [-0.4, -0.2) is 28.0 Å². The number of halogens is 4. The Kier molecular flexibility index (Phi) is 7.95. The van der Waals surface area contributed by atoms with Gasteiger partial charge in [0.1, 0.15) is 28.8 Å². The molecule has 1 saturated carbocycles. The number of amides is 1. The minimum absolute atomic E-state index is 0. The summed E-state index contributed by atoms with van der Waals surface area (Å²) in [5, 5.41) is 2.59. The van der Waals surface area contributed by atoms with E-state index in [0.717, 1.165) is 49.9 Å². The lowest BCUT2D eigenvalue weighted by Gasteiger charge is -2.27. The summed E-state index contributed by atoms with van der Waals surface area (Å²) in [5.41, 5.74) is 9.93. The molecule has 7 nitrogen and oxygen atoms in total. The van der Waals surface area contributed by atoms with Crippen LogP contribution in [0.1, 0.15) is 36.2 Å². The van der Waals surface area contributed by atoms with Crippen molar-refractivity contribution < 1.29 is 22.7 Å². The van der Waals surface area contributed by atoms with Crippen LogP contribution in [0.25, 0.3) is 11.3 Å². The molecular formula is C23H23ClF3N5O2. The number of anilines is 2. The van der Waals surface area contributed by atoms with Crippen molar-refractivity contribution >= 4 is 29.7 Å². The van der Waals surface area contributed by atoms with Crippen LogP contribution in [0.2, 0.25) is 0 Å². The SMILES string of the molecule is Cl.Nc1cc(F)c(-c2c(F)cccc2F)nc1C(=O)Nc1cnccc1OC1CCC(N)CC1. The lowest BCUT2D eigenvalue weighted by molar-refractivity contribution is 0.102. The molecule has 0 saturated heterocycles. The first-order valence-electron chi connectivity index (χ1n) is 10.4. The summed E-state index contributed by atoms with van der Waals surface area (Å²) < 4.78 is 48.9. The van der Waals surface area contributed by atoms with Crippen LogP contribution >= 0.6 is 12.4 Å². The highest BCUT2D eigenvalue weighted by molar-refractivity contribution is 6.07. The van der Waals surface area contributed by atoms with E-state index >= 15 is 0 Å². The topological polar surface area (TPSA) is 116 Å². The van der Waals surface area contributed by atoms with E-state index in [0.29, 0.717) is 5.75 Å². The van der Waals surface area contributed by atoms with Crippen molar-refractivity contribution in [2.75, 3.05) is 11.1 Å². The van der Waals surface area contributed by atoms with E-state index in [-0.39, 0.29) is 35.9 Å². The second-order valence-corrected chi connectivity index (χ2v) is 7.83. The maximum Gasteiger partial charge on any atom is 0.276 e. The second kappa shape index (κ2) is 10.7. The number of nitrogens with one attached hydrogen (secondary N) is 1. The number of carbonyl (C=O) groups excluding carboxylic acids is 1. The minimum atomic E-state index is -1.06. The average molecular weight is 494 g/mol. The zero-order chi connectivity index (χ0) is 23.5. The molecule has 0 aliphatic heterocycles. The smallest absolute Gasteiger partial charge is 0.276 e. The van der Waals surface area contributed by atoms with E-state index in [4.69, 9.17) is 16.2 Å². The summed E-state index contributed by atoms with van der Waals surface area (Å²) in [4.78, 5) is 20.8. The summed E-state index contributed by atoms with van der Waals surface area (Å²) >= 11 is 0. The molecule has 0 atom stereocenters. The molecule has 0 radical (unpaired) electrons. The summed E-state index contributed by atoms with van der Waals surface area (Å²) in [7, 11) is 0. The van der Waals surface area contributed by atoms with E-state index in [1.165, 1.54) is 12.4 Å². The first-order valence-corrected chi connectivity index (χ1v) is 10.4. The van der Waals surface area contributed by atoms with Gasteiger partial charge in [-0.3, -0.25) is 9.78 Å². The van der Waals surface area contributed by atoms with Crippen molar-refractivity contribution in [3.8, 4) is 17.0 Å². The molecule has 11 heteroatoms. The van der Waals surface area contributed by atoms with E-state index in [2.05, 4.69) is 15.3 Å². The van der Waals surface area contributed by atoms with Crippen LogP contribution in [0, 0.1) is 17.5 Å². The standard InChI is InChI=1S/C23H22F3N5O2.ClH/c24-14-2-1-3-15(25)20(14)21-16(26)10-17(28)22(31-21)23(32)30-18-11-29-9-8-19(18)33-13-6-4-12(27)5-7-13;/h1-3,8-13H,4-7,27-28H2,(H,30,32);1H. The van der Waals surface area contributed by atoms with Gasteiger partial charge < -0.3 is 21.5 Å². The zero-order valence-electron chi connectivity index (χ0n) is 17.9. The van der Waals surface area contributed by atoms with Crippen molar-refractivity contribution in [2.45, 2.75) is 37.8 Å². The number of rotatable bonds is 5. The average Bonchev–Trinajstić information content (AvgIpc) is 2.77. The monoisotopic (exact) mass is 493 g/mol. The number of benzene rings is 1. The Balaban J connectivity index is 0.00000324. The first-order chi connectivity index (χ1) is 15.8. The Labute approximate surface area is 200 Å². The molecule has 1 aliphatic rings. The number of nitrogen functional groups attached to an aromatic ring is 1. The van der Waals surface area contributed by atoms with Crippen LogP contribution in [0.3, 0.4) is 0 Å². The van der Waals surface area contributed by atoms with Gasteiger partial charge in [-0.2, -0.15) is 0 Å². The van der Waals surface area contributed by atoms with Gasteiger partial charge in [-0.05, 0) is 37.8 Å². The maximum atomic E-state index is 14.5. The van der Waals surface area contributed by atoms with Crippen LogP contribution in [-0.2, 0) is 0 Å². The molecule has 1 amide bonds. The van der Waals surface area contributed by atoms with Crippen molar-refractivity contribution in [1.82, 2.24) is 9.97 Å². The van der Waals surface area contributed by atoms with Gasteiger partial charge in [-0.25, -0.2) is 18.2 Å². The normalized spacial score (nSPS) is 17.5. The molecule has 5 N–H and O–H groups in total. The number of nitrogens with two attached hydrogens (primary N) is 2. The number of aromatic nitrogens is 2. The summed E-state index contributed by atoms with van der Waals surface area (Å²) in [6.07, 6.45) is 6.07. The predicted molar refractivity (Wildman–Crippen MR) is 124 cm³/mol. The molecule has 2 heterocycles. The molecule has 1 aromatic carbocycles. The Hall–Kier alpha value is -3.37. The molecule has 4 rings (SSSR count). The van der Waals surface area contributed by atoms with Gasteiger partial charge in [-0.1, -0.05) is 6.07 Å². The van der Waals surface area contributed by atoms with Gasteiger partial charge in [0.2, 0.25) is 0 Å². The highest BCUT2D eigenvalue weighted by Crippen LogP contribution is 2.31. The van der Waals surface area contributed by atoms with Gasteiger partial charge >= 0.3 is 0 Å². The Morgan fingerprint density at radius 1 is 1.06 bits per heavy atom. The highest BCUT2D eigenvalue weighted by atomic mass is 35.5. The third-order valence-corrected chi connectivity index (χ3v) is 5.46. The maximum absolute atomic E-state index is 14.5. The molecule has 2 aromatic heterocycles. The number of pyridine rings is 2. The van der Waals surface area contributed by atoms with E-state index in [1.54, 1.807) is 6.07 Å². The predicted octanol–water partition coefficient (Wildman–Crippen LogP) is 4.47. The van der Waals surface area contributed by atoms with Crippen molar-refractivity contribution in [3.05, 3.63) is 65.9 Å². The number of carbonyl (C=O) groups is 1. The van der Waals surface area contributed by atoms with Crippen molar-refractivity contribution in [1.29, 1.82) is 0 Å². The van der Waals surface area contributed by atoms with Gasteiger partial charge in [0.25, 0.3) is 5.91 Å². The van der Waals surface area contributed by atoms with E-state index < -0.39 is 40.3 Å². The second-order valence-electron chi connectivity index (χ2n) is 7.83. The van der Waals surface area contributed by atoms with Crippen LogP contribution < -0.4 is 21.5 Å². The molecular weight excluding hydrogens is 471 g/mol. The van der Waals surface area contributed by atoms with E-state index in [1.807, 2.05) is 0 Å². The Bertz CT molecular complexity index is 1170. The summed E-state index contributed by atoms with van der Waals surface area (Å²) in [6, 6.07) is 5.63. The fourth-order valence-electron chi connectivity index (χ4n) is 3.73. The fourth-order valence-corrected chi connectivity index (χ4v) is 3.73. The zero-order valence-corrected chi connectivity index (χ0v) is 18.7. The molecule has 0 spiro atoms. The molecule has 3 aromatic rings. The third-order valence-electron chi connectivity index (χ3n) is 5.46. The molecule has 1 aliphatic carbocycles. The van der Waals surface area contributed by atoms with Gasteiger partial charge in [0, 0.05) is 24.4 Å². The van der Waals surface area contributed by atoms with Gasteiger partial charge in [-0.15, -0.1) is 12.4 Å². The van der Waals surface area contributed by atoms with Gasteiger partial charge in [0.15, 0.2) is 11.5 Å². The highest BCUT2D eigenvalue weighted by Gasteiger charge is 2.24. The summed E-state index contributed by atoms with van der Waals surface area (Å²) in [5.74, 6) is -3.52. The number of ether oxygens (including phenoxy) is 1. The fraction of sp³-hybridized carbons (Fsp3) is 0.261. The summed E-state index contributed by atoms with van der Waals surface area (Å²) in [6.45, 7) is 0. The molecule has 1 fully saturated rings. The third kappa shape index (κ3) is 5.40. The van der Waals surface area contributed by atoms with Crippen LogP contribution in [0.4, 0.5) is 24.5 Å². The molecule has 180 valence electrons. The number of hydrogen-bond acceptors (Lipinski definition) is 6. The quantitative estimate of drug-likeness (QED) is 0.483. The minimum Gasteiger partial charge on any atom is -0.488 e.